The molecule has 5 heteroatoms. The van der Waals surface area contributed by atoms with E-state index in [9.17, 15) is 9.90 Å². The molecule has 128 valence electrons. The number of hydrogen-bond acceptors (Lipinski definition) is 4. The van der Waals surface area contributed by atoms with Crippen molar-refractivity contribution < 1.29 is 14.6 Å². The summed E-state index contributed by atoms with van der Waals surface area (Å²) in [6.45, 7) is 5.54. The average Bonchev–Trinajstić information content (AvgIpc) is 3.02. The third kappa shape index (κ3) is 3.47. The van der Waals surface area contributed by atoms with Crippen LogP contribution < -0.4 is 4.74 Å². The van der Waals surface area contributed by atoms with Crippen LogP contribution in [0.1, 0.15) is 29.9 Å². The summed E-state index contributed by atoms with van der Waals surface area (Å²) in [5, 5.41) is 10.1. The Hall–Kier alpha value is -1.85. The lowest BCUT2D eigenvalue weighted by atomic mass is 9.96. The highest BCUT2D eigenvalue weighted by Crippen LogP contribution is 2.37. The fourth-order valence-corrected chi connectivity index (χ4v) is 3.98. The van der Waals surface area contributed by atoms with Gasteiger partial charge in [0.2, 0.25) is 0 Å². The predicted octanol–water partition coefficient (Wildman–Crippen LogP) is 3.66. The van der Waals surface area contributed by atoms with Gasteiger partial charge in [0.25, 0.3) is 5.91 Å². The molecule has 0 unspecified atom stereocenters. The molecule has 4 nitrogen and oxygen atoms in total. The maximum absolute atomic E-state index is 12.9. The van der Waals surface area contributed by atoms with Gasteiger partial charge < -0.3 is 14.7 Å². The Labute approximate surface area is 146 Å². The monoisotopic (exact) mass is 345 g/mol. The maximum Gasteiger partial charge on any atom is 0.267 e. The topological polar surface area (TPSA) is 49.8 Å². The number of aliphatic hydroxyl groups excluding tert-OH is 1. The van der Waals surface area contributed by atoms with Crippen molar-refractivity contribution in [1.82, 2.24) is 4.90 Å². The lowest BCUT2D eigenvalue weighted by Gasteiger charge is -2.34. The number of benzene rings is 1. The molecule has 1 fully saturated rings. The Morgan fingerprint density at radius 2 is 2.12 bits per heavy atom. The number of amides is 1. The summed E-state index contributed by atoms with van der Waals surface area (Å²) in [5.41, 5.74) is 1.08. The zero-order chi connectivity index (χ0) is 17.1. The molecule has 1 aliphatic heterocycles. The molecule has 1 amide bonds. The minimum absolute atomic E-state index is 0.0448. The molecule has 2 atom stereocenters. The Morgan fingerprint density at radius 3 is 2.79 bits per heavy atom. The first-order chi connectivity index (χ1) is 11.6. The second-order valence-corrected chi connectivity index (χ2v) is 7.24. The van der Waals surface area contributed by atoms with Crippen molar-refractivity contribution in [2.75, 3.05) is 19.7 Å². The van der Waals surface area contributed by atoms with Gasteiger partial charge in [-0.3, -0.25) is 4.79 Å². The van der Waals surface area contributed by atoms with E-state index >= 15 is 0 Å². The van der Waals surface area contributed by atoms with Gasteiger partial charge in [-0.2, -0.15) is 0 Å². The summed E-state index contributed by atoms with van der Waals surface area (Å²) >= 11 is 1.46. The molecule has 1 aromatic carbocycles. The molecule has 1 aliphatic rings. The van der Waals surface area contributed by atoms with Gasteiger partial charge in [-0.15, -0.1) is 11.3 Å². The number of hydrogen-bond donors (Lipinski definition) is 1. The predicted molar refractivity (Wildman–Crippen MR) is 96.6 cm³/mol. The van der Waals surface area contributed by atoms with Crippen molar-refractivity contribution in [2.24, 2.45) is 5.92 Å². The number of piperidine rings is 1. The Morgan fingerprint density at radius 1 is 1.38 bits per heavy atom. The van der Waals surface area contributed by atoms with Crippen molar-refractivity contribution in [3.8, 4) is 16.2 Å². The third-order valence-corrected chi connectivity index (χ3v) is 5.61. The van der Waals surface area contributed by atoms with Crippen molar-refractivity contribution in [2.45, 2.75) is 26.4 Å². The van der Waals surface area contributed by atoms with Gasteiger partial charge in [-0.05, 0) is 30.9 Å². The first-order valence-electron chi connectivity index (χ1n) is 8.39. The summed E-state index contributed by atoms with van der Waals surface area (Å²) in [7, 11) is 0. The standard InChI is InChI=1S/C19H23NO3S/c1-3-23-16-11-17(14-7-5-4-6-8-14)24-18(16)19(22)20-10-9-13(2)15(21)12-20/h4-8,11,13,15,21H,3,9-10,12H2,1-2H3/t13-,15-/m0/s1. The number of aliphatic hydroxyl groups is 1. The summed E-state index contributed by atoms with van der Waals surface area (Å²) in [4.78, 5) is 16.3. The fourth-order valence-electron chi connectivity index (χ4n) is 2.91. The highest BCUT2D eigenvalue weighted by Gasteiger charge is 2.30. The molecular weight excluding hydrogens is 322 g/mol. The molecule has 2 aromatic rings. The van der Waals surface area contributed by atoms with Crippen molar-refractivity contribution in [3.63, 3.8) is 0 Å². The van der Waals surface area contributed by atoms with Crippen LogP contribution in [0, 0.1) is 5.92 Å². The molecule has 0 spiro atoms. The largest absolute Gasteiger partial charge is 0.492 e. The Bertz CT molecular complexity index is 698. The lowest BCUT2D eigenvalue weighted by molar-refractivity contribution is 0.0249. The maximum atomic E-state index is 12.9. The van der Waals surface area contributed by atoms with E-state index < -0.39 is 6.10 Å². The molecule has 1 N–H and O–H groups in total. The summed E-state index contributed by atoms with van der Waals surface area (Å²) in [6, 6.07) is 11.9. The normalized spacial score (nSPS) is 20.9. The Balaban J connectivity index is 1.88. The van der Waals surface area contributed by atoms with E-state index in [2.05, 4.69) is 0 Å². The van der Waals surface area contributed by atoms with Gasteiger partial charge in [0.05, 0.1) is 12.7 Å². The van der Waals surface area contributed by atoms with Gasteiger partial charge >= 0.3 is 0 Å². The number of carbonyl (C=O) groups excluding carboxylic acids is 1. The summed E-state index contributed by atoms with van der Waals surface area (Å²) in [6.07, 6.45) is 0.375. The van der Waals surface area contributed by atoms with Crippen LogP contribution in [0.2, 0.25) is 0 Å². The third-order valence-electron chi connectivity index (χ3n) is 4.46. The smallest absolute Gasteiger partial charge is 0.267 e. The van der Waals surface area contributed by atoms with E-state index in [1.807, 2.05) is 50.2 Å². The number of nitrogens with zero attached hydrogens (tertiary/aromatic N) is 1. The van der Waals surface area contributed by atoms with E-state index in [-0.39, 0.29) is 11.8 Å². The van der Waals surface area contributed by atoms with Crippen LogP contribution in [-0.4, -0.2) is 41.7 Å². The zero-order valence-electron chi connectivity index (χ0n) is 14.1. The van der Waals surface area contributed by atoms with Crippen molar-refractivity contribution in [3.05, 3.63) is 41.3 Å². The number of ether oxygens (including phenoxy) is 1. The molecule has 1 aromatic heterocycles. The molecule has 0 radical (unpaired) electrons. The average molecular weight is 345 g/mol. The molecule has 24 heavy (non-hydrogen) atoms. The van der Waals surface area contributed by atoms with E-state index in [4.69, 9.17) is 4.74 Å². The highest BCUT2D eigenvalue weighted by molar-refractivity contribution is 7.17. The van der Waals surface area contributed by atoms with Crippen LogP contribution in [0.3, 0.4) is 0 Å². The fraction of sp³-hybridized carbons (Fsp3) is 0.421. The van der Waals surface area contributed by atoms with Crippen LogP contribution >= 0.6 is 11.3 Å². The molecule has 2 heterocycles. The molecular formula is C19H23NO3S. The van der Waals surface area contributed by atoms with E-state index in [0.29, 0.717) is 30.3 Å². The van der Waals surface area contributed by atoms with Gasteiger partial charge in [-0.1, -0.05) is 37.3 Å². The number of β-amino-alcohol motifs (C(OH)–C–C–N with tert-alkyl or cyclic N) is 1. The quantitative estimate of drug-likeness (QED) is 0.920. The van der Waals surface area contributed by atoms with Crippen LogP contribution in [0.25, 0.3) is 10.4 Å². The highest BCUT2D eigenvalue weighted by atomic mass is 32.1. The van der Waals surface area contributed by atoms with Crippen LogP contribution in [0.5, 0.6) is 5.75 Å². The van der Waals surface area contributed by atoms with Gasteiger partial charge in [0, 0.05) is 18.0 Å². The molecule has 0 aliphatic carbocycles. The second-order valence-electron chi connectivity index (χ2n) is 6.19. The molecule has 1 saturated heterocycles. The van der Waals surface area contributed by atoms with E-state index in [0.717, 1.165) is 16.9 Å². The number of likely N-dealkylation sites (tertiary alicyclic amines) is 1. The lowest BCUT2D eigenvalue weighted by Crippen LogP contribution is -2.45. The number of rotatable bonds is 4. The van der Waals surface area contributed by atoms with Crippen molar-refractivity contribution in [1.29, 1.82) is 0 Å². The van der Waals surface area contributed by atoms with E-state index in [1.165, 1.54) is 11.3 Å². The first-order valence-corrected chi connectivity index (χ1v) is 9.21. The summed E-state index contributed by atoms with van der Waals surface area (Å²) in [5.74, 6) is 0.833. The number of carbonyl (C=O) groups is 1. The van der Waals surface area contributed by atoms with Crippen LogP contribution in [0.15, 0.2) is 36.4 Å². The van der Waals surface area contributed by atoms with Gasteiger partial charge in [-0.25, -0.2) is 0 Å². The Kier molecular flexibility index (Phi) is 5.21. The molecule has 0 bridgehead atoms. The second kappa shape index (κ2) is 7.36. The van der Waals surface area contributed by atoms with Crippen molar-refractivity contribution >= 4 is 17.2 Å². The minimum Gasteiger partial charge on any atom is -0.492 e. The zero-order valence-corrected chi connectivity index (χ0v) is 14.9. The van der Waals surface area contributed by atoms with Crippen LogP contribution in [0.4, 0.5) is 0 Å². The van der Waals surface area contributed by atoms with Crippen LogP contribution in [-0.2, 0) is 0 Å². The summed E-state index contributed by atoms with van der Waals surface area (Å²) < 4.78 is 5.70. The molecule has 0 saturated carbocycles. The molecule has 3 rings (SSSR count). The number of thiophene rings is 1. The SMILES string of the molecule is CCOc1cc(-c2ccccc2)sc1C(=O)N1CC[C@H](C)[C@@H](O)C1. The first kappa shape index (κ1) is 17.0. The van der Waals surface area contributed by atoms with E-state index in [1.54, 1.807) is 4.90 Å². The van der Waals surface area contributed by atoms with Gasteiger partial charge in [0.1, 0.15) is 10.6 Å². The van der Waals surface area contributed by atoms with Gasteiger partial charge in [0.15, 0.2) is 0 Å². The minimum atomic E-state index is -0.452.